The van der Waals surface area contributed by atoms with E-state index in [1.165, 1.54) is 24.5 Å². The zero-order valence-electron chi connectivity index (χ0n) is 13.7. The summed E-state index contributed by atoms with van der Waals surface area (Å²) in [6.07, 6.45) is 2.86. The molecule has 1 aromatic carbocycles. The van der Waals surface area contributed by atoms with E-state index in [9.17, 15) is 9.18 Å². The van der Waals surface area contributed by atoms with Gasteiger partial charge in [0.25, 0.3) is 5.91 Å². The number of amides is 1. The highest BCUT2D eigenvalue weighted by Crippen LogP contribution is 2.13. The van der Waals surface area contributed by atoms with Crippen LogP contribution in [0.5, 0.6) is 0 Å². The summed E-state index contributed by atoms with van der Waals surface area (Å²) in [5.41, 5.74) is 0.240. The van der Waals surface area contributed by atoms with Gasteiger partial charge >= 0.3 is 0 Å². The van der Waals surface area contributed by atoms with Crippen molar-refractivity contribution >= 4 is 17.4 Å². The lowest BCUT2D eigenvalue weighted by Crippen LogP contribution is -2.39. The Bertz CT molecular complexity index is 704. The molecule has 7 nitrogen and oxygen atoms in total. The molecule has 0 atom stereocenters. The summed E-state index contributed by atoms with van der Waals surface area (Å²) in [4.78, 5) is 22.6. The molecule has 1 amide bonds. The molecule has 1 fully saturated rings. The molecule has 25 heavy (non-hydrogen) atoms. The van der Waals surface area contributed by atoms with Crippen LogP contribution in [0.4, 0.5) is 15.9 Å². The molecular weight excluding hydrogens is 325 g/mol. The quantitative estimate of drug-likeness (QED) is 0.828. The number of carbonyl (C=O) groups excluding carboxylic acids is 1. The molecule has 0 unspecified atom stereocenters. The minimum atomic E-state index is -0.502. The standard InChI is InChI=1S/C17H20FN5O2/c18-13-3-1-2-4-14(13)22-17(24)15-11-21-16(12-20-15)19-5-6-23-7-9-25-10-8-23/h1-4,11-12H,5-10H2,(H,19,21)(H,22,24). The molecule has 0 aliphatic carbocycles. The number of nitrogens with one attached hydrogen (secondary N) is 2. The number of rotatable bonds is 6. The monoisotopic (exact) mass is 345 g/mol. The average molecular weight is 345 g/mol. The van der Waals surface area contributed by atoms with Gasteiger partial charge in [0.15, 0.2) is 0 Å². The number of halogens is 1. The fourth-order valence-electron chi connectivity index (χ4n) is 2.45. The number of morpholine rings is 1. The third kappa shape index (κ3) is 4.94. The van der Waals surface area contributed by atoms with Crippen LogP contribution in [-0.2, 0) is 4.74 Å². The van der Waals surface area contributed by atoms with Gasteiger partial charge in [-0.15, -0.1) is 0 Å². The number of nitrogens with zero attached hydrogens (tertiary/aromatic N) is 3. The maximum Gasteiger partial charge on any atom is 0.275 e. The van der Waals surface area contributed by atoms with Gasteiger partial charge in [-0.2, -0.15) is 0 Å². The second kappa shape index (κ2) is 8.50. The number of para-hydroxylation sites is 1. The van der Waals surface area contributed by atoms with Crippen molar-refractivity contribution in [1.29, 1.82) is 0 Å². The van der Waals surface area contributed by atoms with Gasteiger partial charge in [0.2, 0.25) is 0 Å². The Morgan fingerprint density at radius 2 is 2.00 bits per heavy atom. The second-order valence-corrected chi connectivity index (χ2v) is 5.60. The van der Waals surface area contributed by atoms with E-state index in [-0.39, 0.29) is 11.4 Å². The van der Waals surface area contributed by atoms with E-state index in [1.54, 1.807) is 12.1 Å². The lowest BCUT2D eigenvalue weighted by Gasteiger charge is -2.26. The summed E-state index contributed by atoms with van der Waals surface area (Å²) in [5, 5.41) is 5.65. The molecular formula is C17H20FN5O2. The van der Waals surface area contributed by atoms with Crippen molar-refractivity contribution < 1.29 is 13.9 Å². The minimum absolute atomic E-state index is 0.113. The van der Waals surface area contributed by atoms with Crippen molar-refractivity contribution in [3.8, 4) is 0 Å². The number of benzene rings is 1. The van der Waals surface area contributed by atoms with Crippen molar-refractivity contribution in [3.63, 3.8) is 0 Å². The molecule has 1 saturated heterocycles. The van der Waals surface area contributed by atoms with Crippen LogP contribution in [0.1, 0.15) is 10.5 Å². The summed E-state index contributed by atoms with van der Waals surface area (Å²) in [6, 6.07) is 5.97. The van der Waals surface area contributed by atoms with Crippen LogP contribution in [0.15, 0.2) is 36.7 Å². The van der Waals surface area contributed by atoms with Gasteiger partial charge in [-0.3, -0.25) is 9.69 Å². The predicted octanol–water partition coefficient (Wildman–Crippen LogP) is 1.61. The summed E-state index contributed by atoms with van der Waals surface area (Å²) < 4.78 is 18.9. The van der Waals surface area contributed by atoms with Gasteiger partial charge in [-0.1, -0.05) is 12.1 Å². The Hall–Kier alpha value is -2.58. The van der Waals surface area contributed by atoms with Crippen LogP contribution < -0.4 is 10.6 Å². The van der Waals surface area contributed by atoms with Gasteiger partial charge in [0.1, 0.15) is 17.3 Å². The van der Waals surface area contributed by atoms with Crippen molar-refractivity contribution in [2.45, 2.75) is 0 Å². The topological polar surface area (TPSA) is 79.4 Å². The van der Waals surface area contributed by atoms with Crippen molar-refractivity contribution in [3.05, 3.63) is 48.2 Å². The first-order valence-corrected chi connectivity index (χ1v) is 8.14. The van der Waals surface area contributed by atoms with Crippen LogP contribution in [0, 0.1) is 5.82 Å². The fourth-order valence-corrected chi connectivity index (χ4v) is 2.45. The third-order valence-corrected chi connectivity index (χ3v) is 3.84. The average Bonchev–Trinajstić information content (AvgIpc) is 2.65. The zero-order chi connectivity index (χ0) is 17.5. The van der Waals surface area contributed by atoms with E-state index < -0.39 is 11.7 Å². The van der Waals surface area contributed by atoms with Gasteiger partial charge in [-0.25, -0.2) is 14.4 Å². The maximum atomic E-state index is 13.6. The normalized spacial score (nSPS) is 14.9. The van der Waals surface area contributed by atoms with Crippen LogP contribution in [-0.4, -0.2) is 60.2 Å². The number of hydrogen-bond acceptors (Lipinski definition) is 6. The third-order valence-electron chi connectivity index (χ3n) is 3.84. The number of hydrogen-bond donors (Lipinski definition) is 2. The summed E-state index contributed by atoms with van der Waals surface area (Å²) in [5.74, 6) is -0.404. The van der Waals surface area contributed by atoms with Crippen LogP contribution >= 0.6 is 0 Å². The predicted molar refractivity (Wildman–Crippen MR) is 92.1 cm³/mol. The Kier molecular flexibility index (Phi) is 5.86. The van der Waals surface area contributed by atoms with Crippen LogP contribution in [0.3, 0.4) is 0 Å². The van der Waals surface area contributed by atoms with Gasteiger partial charge in [-0.05, 0) is 12.1 Å². The van der Waals surface area contributed by atoms with E-state index in [4.69, 9.17) is 4.74 Å². The second-order valence-electron chi connectivity index (χ2n) is 5.60. The summed E-state index contributed by atoms with van der Waals surface area (Å²) in [7, 11) is 0. The lowest BCUT2D eigenvalue weighted by atomic mass is 10.3. The number of carbonyl (C=O) groups is 1. The summed E-state index contributed by atoms with van der Waals surface area (Å²) >= 11 is 0. The van der Waals surface area contributed by atoms with E-state index in [1.807, 2.05) is 0 Å². The first-order valence-electron chi connectivity index (χ1n) is 8.14. The highest BCUT2D eigenvalue weighted by molar-refractivity contribution is 6.02. The molecule has 0 radical (unpaired) electrons. The SMILES string of the molecule is O=C(Nc1ccccc1F)c1cnc(NCCN2CCOCC2)cn1. The molecule has 1 aromatic heterocycles. The molecule has 2 heterocycles. The number of ether oxygens (including phenoxy) is 1. The molecule has 8 heteroatoms. The Balaban J connectivity index is 1.49. The Morgan fingerprint density at radius 3 is 2.72 bits per heavy atom. The van der Waals surface area contributed by atoms with Gasteiger partial charge in [0.05, 0.1) is 31.3 Å². The van der Waals surface area contributed by atoms with E-state index in [2.05, 4.69) is 25.5 Å². The highest BCUT2D eigenvalue weighted by Gasteiger charge is 2.12. The molecule has 1 aliphatic rings. The van der Waals surface area contributed by atoms with Crippen LogP contribution in [0.25, 0.3) is 0 Å². The molecule has 1 aliphatic heterocycles. The number of aromatic nitrogens is 2. The largest absolute Gasteiger partial charge is 0.379 e. The molecule has 3 rings (SSSR count). The fraction of sp³-hybridized carbons (Fsp3) is 0.353. The number of anilines is 2. The van der Waals surface area contributed by atoms with Crippen LogP contribution in [0.2, 0.25) is 0 Å². The van der Waals surface area contributed by atoms with E-state index >= 15 is 0 Å². The first-order chi connectivity index (χ1) is 12.2. The molecule has 2 aromatic rings. The van der Waals surface area contributed by atoms with Crippen molar-refractivity contribution in [2.75, 3.05) is 50.0 Å². The molecule has 0 spiro atoms. The molecule has 2 N–H and O–H groups in total. The van der Waals surface area contributed by atoms with Gasteiger partial charge < -0.3 is 15.4 Å². The first kappa shape index (κ1) is 17.2. The molecule has 0 saturated carbocycles. The van der Waals surface area contributed by atoms with E-state index in [0.717, 1.165) is 39.4 Å². The highest BCUT2D eigenvalue weighted by atomic mass is 19.1. The van der Waals surface area contributed by atoms with Crippen molar-refractivity contribution in [2.24, 2.45) is 0 Å². The van der Waals surface area contributed by atoms with Crippen molar-refractivity contribution in [1.82, 2.24) is 14.9 Å². The Morgan fingerprint density at radius 1 is 1.20 bits per heavy atom. The van der Waals surface area contributed by atoms with E-state index in [0.29, 0.717) is 5.82 Å². The van der Waals surface area contributed by atoms with Gasteiger partial charge in [0, 0.05) is 26.2 Å². The lowest BCUT2D eigenvalue weighted by molar-refractivity contribution is 0.0398. The summed E-state index contributed by atoms with van der Waals surface area (Å²) in [6.45, 7) is 5.03. The molecule has 0 bridgehead atoms. The molecule has 132 valence electrons. The maximum absolute atomic E-state index is 13.6. The smallest absolute Gasteiger partial charge is 0.275 e. The zero-order valence-corrected chi connectivity index (χ0v) is 13.7. The Labute approximate surface area is 145 Å². The minimum Gasteiger partial charge on any atom is -0.379 e.